The van der Waals surface area contributed by atoms with Crippen molar-refractivity contribution in [2.24, 2.45) is 0 Å². The predicted octanol–water partition coefficient (Wildman–Crippen LogP) is 2.62. The Hall–Kier alpha value is -3.39. The molecule has 8 nitrogen and oxygen atoms in total. The number of hydrogen-bond acceptors (Lipinski definition) is 5. The Labute approximate surface area is 187 Å². The third-order valence-electron chi connectivity index (χ3n) is 5.28. The molecule has 32 heavy (non-hydrogen) atoms. The maximum atomic E-state index is 13.2. The van der Waals surface area contributed by atoms with Gasteiger partial charge in [0.05, 0.1) is 6.10 Å². The normalized spacial score (nSPS) is 15.1. The van der Waals surface area contributed by atoms with E-state index in [1.165, 1.54) is 0 Å². The molecule has 1 heterocycles. The highest BCUT2D eigenvalue weighted by molar-refractivity contribution is 5.86. The van der Waals surface area contributed by atoms with Gasteiger partial charge in [-0.1, -0.05) is 60.7 Å². The van der Waals surface area contributed by atoms with Crippen molar-refractivity contribution < 1.29 is 29.0 Å². The molecule has 2 aromatic rings. The molecule has 0 saturated carbocycles. The fourth-order valence-electron chi connectivity index (χ4n) is 3.61. The van der Waals surface area contributed by atoms with Gasteiger partial charge in [0.25, 0.3) is 0 Å². The molecule has 2 N–H and O–H groups in total. The highest BCUT2D eigenvalue weighted by atomic mass is 16.5. The fourth-order valence-corrected chi connectivity index (χ4v) is 3.61. The third kappa shape index (κ3) is 7.39. The topological polar surface area (TPSA) is 105 Å². The van der Waals surface area contributed by atoms with E-state index in [1.807, 2.05) is 60.7 Å². The average Bonchev–Trinajstić information content (AvgIpc) is 2.82. The summed E-state index contributed by atoms with van der Waals surface area (Å²) < 4.78 is 10.6. The Morgan fingerprint density at radius 3 is 2.16 bits per heavy atom. The van der Waals surface area contributed by atoms with E-state index < -0.39 is 18.1 Å². The van der Waals surface area contributed by atoms with Gasteiger partial charge >= 0.3 is 12.1 Å². The molecule has 0 aliphatic carbocycles. The second-order valence-electron chi connectivity index (χ2n) is 7.68. The summed E-state index contributed by atoms with van der Waals surface area (Å²) in [5.74, 6) is -1.20. The maximum Gasteiger partial charge on any atom is 0.408 e. The Balaban J connectivity index is 1.58. The summed E-state index contributed by atoms with van der Waals surface area (Å²) in [6.45, 7) is 0.652. The zero-order chi connectivity index (χ0) is 22.8. The third-order valence-corrected chi connectivity index (χ3v) is 5.28. The summed E-state index contributed by atoms with van der Waals surface area (Å²) in [4.78, 5) is 38.0. The molecule has 3 rings (SSSR count). The van der Waals surface area contributed by atoms with Crippen LogP contribution in [0, 0.1) is 0 Å². The summed E-state index contributed by atoms with van der Waals surface area (Å²) in [6, 6.07) is 18.0. The monoisotopic (exact) mass is 440 g/mol. The van der Waals surface area contributed by atoms with Crippen LogP contribution in [-0.4, -0.2) is 59.8 Å². The van der Waals surface area contributed by atoms with E-state index in [0.717, 1.165) is 11.1 Å². The minimum atomic E-state index is -1.01. The molecule has 1 atom stereocenters. The number of carboxylic acids is 1. The highest BCUT2D eigenvalue weighted by Crippen LogP contribution is 2.16. The van der Waals surface area contributed by atoms with Gasteiger partial charge in [0.2, 0.25) is 5.91 Å². The van der Waals surface area contributed by atoms with E-state index in [9.17, 15) is 14.4 Å². The fraction of sp³-hybridized carbons (Fsp3) is 0.375. The number of amides is 2. The number of rotatable bonds is 9. The average molecular weight is 440 g/mol. The van der Waals surface area contributed by atoms with Crippen molar-refractivity contribution in [1.82, 2.24) is 10.2 Å². The standard InChI is InChI=1S/C24H28N2O6/c27-22(28)17-31-20-11-13-26(14-12-20)23(29)21(15-18-7-3-1-4-8-18)25-24(30)32-16-19-9-5-2-6-10-19/h1-10,20-21H,11-17H2,(H,25,30)(H,27,28)/t21-/m0/s1. The summed E-state index contributed by atoms with van der Waals surface area (Å²) in [6.07, 6.45) is 0.606. The number of carbonyl (C=O) groups excluding carboxylic acids is 2. The minimum Gasteiger partial charge on any atom is -0.480 e. The first-order valence-electron chi connectivity index (χ1n) is 10.6. The van der Waals surface area contributed by atoms with E-state index in [-0.39, 0.29) is 25.2 Å². The van der Waals surface area contributed by atoms with Gasteiger partial charge in [0.1, 0.15) is 19.3 Å². The van der Waals surface area contributed by atoms with Gasteiger partial charge in [0, 0.05) is 19.5 Å². The van der Waals surface area contributed by atoms with Crippen LogP contribution in [0.25, 0.3) is 0 Å². The van der Waals surface area contributed by atoms with Crippen molar-refractivity contribution in [3.63, 3.8) is 0 Å². The van der Waals surface area contributed by atoms with Crippen LogP contribution in [0.5, 0.6) is 0 Å². The molecule has 0 radical (unpaired) electrons. The summed E-state index contributed by atoms with van der Waals surface area (Å²) in [5, 5.41) is 11.5. The van der Waals surface area contributed by atoms with Crippen molar-refractivity contribution in [3.05, 3.63) is 71.8 Å². The quantitative estimate of drug-likeness (QED) is 0.621. The first kappa shape index (κ1) is 23.3. The van der Waals surface area contributed by atoms with E-state index >= 15 is 0 Å². The van der Waals surface area contributed by atoms with E-state index in [4.69, 9.17) is 14.6 Å². The van der Waals surface area contributed by atoms with Crippen LogP contribution in [-0.2, 0) is 32.1 Å². The Morgan fingerprint density at radius 1 is 0.969 bits per heavy atom. The second kappa shape index (κ2) is 11.9. The lowest BCUT2D eigenvalue weighted by Gasteiger charge is -2.34. The maximum absolute atomic E-state index is 13.2. The first-order valence-corrected chi connectivity index (χ1v) is 10.6. The zero-order valence-electron chi connectivity index (χ0n) is 17.8. The van der Waals surface area contributed by atoms with Crippen molar-refractivity contribution >= 4 is 18.0 Å². The van der Waals surface area contributed by atoms with Crippen LogP contribution in [0.3, 0.4) is 0 Å². The van der Waals surface area contributed by atoms with Crippen LogP contribution in [0.1, 0.15) is 24.0 Å². The lowest BCUT2D eigenvalue weighted by atomic mass is 10.0. The number of nitrogens with zero attached hydrogens (tertiary/aromatic N) is 1. The lowest BCUT2D eigenvalue weighted by molar-refractivity contribution is -0.147. The number of carboxylic acid groups (broad SMARTS) is 1. The van der Waals surface area contributed by atoms with Crippen molar-refractivity contribution in [3.8, 4) is 0 Å². The number of hydrogen-bond donors (Lipinski definition) is 2. The number of piperidine rings is 1. The first-order chi connectivity index (χ1) is 15.5. The van der Waals surface area contributed by atoms with E-state index in [2.05, 4.69) is 5.32 Å². The Morgan fingerprint density at radius 2 is 1.56 bits per heavy atom. The Bertz CT molecular complexity index is 882. The molecule has 0 aromatic heterocycles. The zero-order valence-corrected chi connectivity index (χ0v) is 17.8. The summed E-state index contributed by atoms with van der Waals surface area (Å²) >= 11 is 0. The van der Waals surface area contributed by atoms with Gasteiger partial charge < -0.3 is 24.8 Å². The summed E-state index contributed by atoms with van der Waals surface area (Å²) in [5.41, 5.74) is 1.78. The number of aliphatic carboxylic acids is 1. The van der Waals surface area contributed by atoms with Crippen molar-refractivity contribution in [1.29, 1.82) is 0 Å². The molecular weight excluding hydrogens is 412 g/mol. The molecule has 1 saturated heterocycles. The van der Waals surface area contributed by atoms with Gasteiger partial charge in [-0.3, -0.25) is 4.79 Å². The van der Waals surface area contributed by atoms with Crippen LogP contribution >= 0.6 is 0 Å². The molecule has 1 aliphatic heterocycles. The van der Waals surface area contributed by atoms with Crippen LogP contribution < -0.4 is 5.32 Å². The van der Waals surface area contributed by atoms with Gasteiger partial charge in [-0.2, -0.15) is 0 Å². The number of ether oxygens (including phenoxy) is 2. The largest absolute Gasteiger partial charge is 0.480 e. The molecule has 2 amide bonds. The molecule has 0 bridgehead atoms. The van der Waals surface area contributed by atoms with Gasteiger partial charge in [-0.05, 0) is 24.0 Å². The second-order valence-corrected chi connectivity index (χ2v) is 7.68. The number of carbonyl (C=O) groups is 3. The lowest BCUT2D eigenvalue weighted by Crippen LogP contribution is -2.52. The predicted molar refractivity (Wildman–Crippen MR) is 117 cm³/mol. The molecule has 1 fully saturated rings. The highest BCUT2D eigenvalue weighted by Gasteiger charge is 2.30. The number of likely N-dealkylation sites (tertiary alicyclic amines) is 1. The molecular formula is C24H28N2O6. The Kier molecular flexibility index (Phi) is 8.62. The van der Waals surface area contributed by atoms with E-state index in [1.54, 1.807) is 4.90 Å². The van der Waals surface area contributed by atoms with Crippen LogP contribution in [0.4, 0.5) is 4.79 Å². The molecule has 2 aromatic carbocycles. The van der Waals surface area contributed by atoms with Crippen molar-refractivity contribution in [2.75, 3.05) is 19.7 Å². The molecule has 0 spiro atoms. The summed E-state index contributed by atoms with van der Waals surface area (Å²) in [7, 11) is 0. The van der Waals surface area contributed by atoms with Gasteiger partial charge in [-0.25, -0.2) is 9.59 Å². The minimum absolute atomic E-state index is 0.116. The van der Waals surface area contributed by atoms with Gasteiger partial charge in [-0.15, -0.1) is 0 Å². The molecule has 8 heteroatoms. The van der Waals surface area contributed by atoms with Crippen LogP contribution in [0.15, 0.2) is 60.7 Å². The van der Waals surface area contributed by atoms with E-state index in [0.29, 0.717) is 32.4 Å². The van der Waals surface area contributed by atoms with Gasteiger partial charge in [0.15, 0.2) is 0 Å². The molecule has 1 aliphatic rings. The number of nitrogens with one attached hydrogen (secondary N) is 1. The molecule has 0 unspecified atom stereocenters. The SMILES string of the molecule is O=C(O)COC1CCN(C(=O)[C@H](Cc2ccccc2)NC(=O)OCc2ccccc2)CC1. The van der Waals surface area contributed by atoms with Crippen LogP contribution in [0.2, 0.25) is 0 Å². The van der Waals surface area contributed by atoms with Crippen molar-refractivity contribution in [2.45, 2.75) is 38.0 Å². The number of alkyl carbamates (subject to hydrolysis) is 1. The smallest absolute Gasteiger partial charge is 0.408 e. The number of benzene rings is 2. The molecule has 170 valence electrons.